The van der Waals surface area contributed by atoms with Crippen molar-refractivity contribution in [3.63, 3.8) is 0 Å². The molecule has 0 N–H and O–H groups in total. The molecule has 0 aliphatic heterocycles. The normalized spacial score (nSPS) is 11.0. The van der Waals surface area contributed by atoms with Crippen LogP contribution in [-0.2, 0) is 6.42 Å². The van der Waals surface area contributed by atoms with E-state index in [-0.39, 0.29) is 5.41 Å². The smallest absolute Gasteiger partial charge is 0.0689 e. The average molecular weight is 201 g/mol. The summed E-state index contributed by atoms with van der Waals surface area (Å²) in [5.74, 6) is 0. The minimum absolute atomic E-state index is 0.115. The van der Waals surface area contributed by atoms with E-state index in [1.807, 2.05) is 6.07 Å². The van der Waals surface area contributed by atoms with Crippen molar-refractivity contribution in [2.75, 3.05) is 0 Å². The average Bonchev–Trinajstić information content (AvgIpc) is 2.33. The first-order valence-corrected chi connectivity index (χ1v) is 5.71. The molecule has 1 rings (SSSR count). The van der Waals surface area contributed by atoms with Crippen LogP contribution in [0.4, 0.5) is 0 Å². The zero-order valence-electron chi connectivity index (χ0n) is 9.66. The van der Waals surface area contributed by atoms with E-state index in [4.69, 9.17) is 0 Å². The fourth-order valence-electron chi connectivity index (χ4n) is 1.85. The topological polar surface area (TPSA) is 23.8 Å². The van der Waals surface area contributed by atoms with Gasteiger partial charge in [-0.3, -0.25) is 0 Å². The predicted molar refractivity (Wildman–Crippen MR) is 63.4 cm³/mol. The van der Waals surface area contributed by atoms with Crippen molar-refractivity contribution in [2.45, 2.75) is 39.5 Å². The Morgan fingerprint density at radius 3 is 2.20 bits per heavy atom. The second kappa shape index (κ2) is 5.56. The second-order valence-corrected chi connectivity index (χ2v) is 4.08. The molecule has 0 radical (unpaired) electrons. The zero-order chi connectivity index (χ0) is 11.1. The molecule has 1 nitrogen and oxygen atoms in total. The quantitative estimate of drug-likeness (QED) is 0.707. The van der Waals surface area contributed by atoms with Crippen molar-refractivity contribution in [2.24, 2.45) is 5.41 Å². The molecule has 15 heavy (non-hydrogen) atoms. The third-order valence-corrected chi connectivity index (χ3v) is 3.33. The van der Waals surface area contributed by atoms with E-state index in [0.29, 0.717) is 0 Å². The Morgan fingerprint density at radius 1 is 1.13 bits per heavy atom. The molecular formula is C14H19N. The van der Waals surface area contributed by atoms with E-state index in [1.54, 1.807) is 0 Å². The van der Waals surface area contributed by atoms with Crippen LogP contribution in [0.25, 0.3) is 0 Å². The van der Waals surface area contributed by atoms with E-state index in [9.17, 15) is 5.26 Å². The van der Waals surface area contributed by atoms with Crippen molar-refractivity contribution >= 4 is 0 Å². The van der Waals surface area contributed by atoms with Gasteiger partial charge in [-0.15, -0.1) is 0 Å². The summed E-state index contributed by atoms with van der Waals surface area (Å²) < 4.78 is 0. The molecule has 0 unspecified atom stereocenters. The van der Waals surface area contributed by atoms with Crippen molar-refractivity contribution < 1.29 is 0 Å². The Hall–Kier alpha value is -1.29. The molecule has 0 aliphatic rings. The maximum atomic E-state index is 9.20. The number of nitriles is 1. The lowest BCUT2D eigenvalue weighted by Crippen LogP contribution is -2.17. The Kier molecular flexibility index (Phi) is 4.37. The molecule has 0 spiro atoms. The zero-order valence-corrected chi connectivity index (χ0v) is 9.66. The van der Waals surface area contributed by atoms with Crippen LogP contribution < -0.4 is 0 Å². The van der Waals surface area contributed by atoms with Crippen LogP contribution in [-0.4, -0.2) is 0 Å². The fraction of sp³-hybridized carbons (Fsp3) is 0.500. The fourth-order valence-corrected chi connectivity index (χ4v) is 1.85. The van der Waals surface area contributed by atoms with E-state index >= 15 is 0 Å². The Bertz CT molecular complexity index is 317. The number of benzene rings is 1. The molecule has 80 valence electrons. The van der Waals surface area contributed by atoms with Gasteiger partial charge in [0.2, 0.25) is 0 Å². The van der Waals surface area contributed by atoms with Gasteiger partial charge in [0.15, 0.2) is 0 Å². The van der Waals surface area contributed by atoms with Gasteiger partial charge in [-0.05, 0) is 31.2 Å². The highest BCUT2D eigenvalue weighted by atomic mass is 14.4. The van der Waals surface area contributed by atoms with E-state index in [0.717, 1.165) is 25.7 Å². The van der Waals surface area contributed by atoms with Gasteiger partial charge in [-0.25, -0.2) is 0 Å². The summed E-state index contributed by atoms with van der Waals surface area (Å²) in [6, 6.07) is 12.9. The van der Waals surface area contributed by atoms with E-state index < -0.39 is 0 Å². The number of nitrogens with zero attached hydrogens (tertiary/aromatic N) is 1. The SMILES string of the molecule is CCC(C#N)(CC)CCc1ccccc1. The molecule has 1 aromatic rings. The van der Waals surface area contributed by atoms with Crippen LogP contribution in [0.2, 0.25) is 0 Å². The Balaban J connectivity index is 2.59. The molecular weight excluding hydrogens is 182 g/mol. The maximum absolute atomic E-state index is 9.20. The standard InChI is InChI=1S/C14H19N/c1-3-14(4-2,12-15)11-10-13-8-6-5-7-9-13/h5-9H,3-4,10-11H2,1-2H3. The van der Waals surface area contributed by atoms with Crippen LogP contribution >= 0.6 is 0 Å². The molecule has 1 heteroatoms. The van der Waals surface area contributed by atoms with Crippen LogP contribution in [0.1, 0.15) is 38.7 Å². The summed E-state index contributed by atoms with van der Waals surface area (Å²) in [6.45, 7) is 4.22. The van der Waals surface area contributed by atoms with Gasteiger partial charge in [0.05, 0.1) is 11.5 Å². The van der Waals surface area contributed by atoms with E-state index in [2.05, 4.69) is 44.2 Å². The Morgan fingerprint density at radius 2 is 1.73 bits per heavy atom. The predicted octanol–water partition coefficient (Wildman–Crippen LogP) is 3.95. The van der Waals surface area contributed by atoms with Crippen molar-refractivity contribution in [1.29, 1.82) is 5.26 Å². The van der Waals surface area contributed by atoms with Crippen molar-refractivity contribution in [1.82, 2.24) is 0 Å². The largest absolute Gasteiger partial charge is 0.198 e. The highest BCUT2D eigenvalue weighted by Gasteiger charge is 2.24. The lowest BCUT2D eigenvalue weighted by Gasteiger charge is -2.22. The molecule has 0 aromatic heterocycles. The Labute approximate surface area is 92.7 Å². The van der Waals surface area contributed by atoms with Gasteiger partial charge in [0.1, 0.15) is 0 Å². The van der Waals surface area contributed by atoms with E-state index in [1.165, 1.54) is 5.56 Å². The minimum atomic E-state index is -0.115. The molecule has 0 bridgehead atoms. The summed E-state index contributed by atoms with van der Waals surface area (Å²) in [7, 11) is 0. The van der Waals surface area contributed by atoms with Crippen molar-refractivity contribution in [3.8, 4) is 6.07 Å². The van der Waals surface area contributed by atoms with Gasteiger partial charge in [-0.1, -0.05) is 44.2 Å². The summed E-state index contributed by atoms with van der Waals surface area (Å²) in [5.41, 5.74) is 1.22. The molecule has 1 aromatic carbocycles. The van der Waals surface area contributed by atoms with Gasteiger partial charge in [0, 0.05) is 0 Å². The highest BCUT2D eigenvalue weighted by molar-refractivity contribution is 5.15. The lowest BCUT2D eigenvalue weighted by molar-refractivity contribution is 0.337. The summed E-state index contributed by atoms with van der Waals surface area (Å²) in [4.78, 5) is 0. The minimum Gasteiger partial charge on any atom is -0.198 e. The number of hydrogen-bond acceptors (Lipinski definition) is 1. The molecule has 0 atom stereocenters. The second-order valence-electron chi connectivity index (χ2n) is 4.08. The van der Waals surface area contributed by atoms with Gasteiger partial charge in [-0.2, -0.15) is 5.26 Å². The summed E-state index contributed by atoms with van der Waals surface area (Å²) in [6.07, 6.45) is 3.89. The van der Waals surface area contributed by atoms with Gasteiger partial charge < -0.3 is 0 Å². The van der Waals surface area contributed by atoms with Crippen LogP contribution in [0.3, 0.4) is 0 Å². The van der Waals surface area contributed by atoms with Gasteiger partial charge >= 0.3 is 0 Å². The third kappa shape index (κ3) is 3.09. The first kappa shape index (κ1) is 11.8. The first-order chi connectivity index (χ1) is 7.26. The summed E-state index contributed by atoms with van der Waals surface area (Å²) >= 11 is 0. The molecule has 0 amide bonds. The highest BCUT2D eigenvalue weighted by Crippen LogP contribution is 2.30. The number of rotatable bonds is 5. The lowest BCUT2D eigenvalue weighted by atomic mass is 9.79. The van der Waals surface area contributed by atoms with Crippen LogP contribution in [0.5, 0.6) is 0 Å². The monoisotopic (exact) mass is 201 g/mol. The third-order valence-electron chi connectivity index (χ3n) is 3.33. The maximum Gasteiger partial charge on any atom is 0.0689 e. The molecule has 0 saturated carbocycles. The van der Waals surface area contributed by atoms with Crippen LogP contribution in [0, 0.1) is 16.7 Å². The molecule has 0 heterocycles. The summed E-state index contributed by atoms with van der Waals surface area (Å²) in [5, 5.41) is 9.20. The molecule has 0 aliphatic carbocycles. The van der Waals surface area contributed by atoms with Gasteiger partial charge in [0.25, 0.3) is 0 Å². The van der Waals surface area contributed by atoms with Crippen molar-refractivity contribution in [3.05, 3.63) is 35.9 Å². The molecule has 0 fully saturated rings. The van der Waals surface area contributed by atoms with Crippen LogP contribution in [0.15, 0.2) is 30.3 Å². The number of hydrogen-bond donors (Lipinski definition) is 0. The number of aryl methyl sites for hydroxylation is 1. The first-order valence-electron chi connectivity index (χ1n) is 5.71. The molecule has 0 saturated heterocycles.